The zero-order valence-electron chi connectivity index (χ0n) is 44.8. The third-order valence-electron chi connectivity index (χ3n) is 18.1. The number of hydrogen-bond donors (Lipinski definition) is 0. The predicted molar refractivity (Wildman–Crippen MR) is 344 cm³/mol. The minimum atomic E-state index is -0.0211. The van der Waals surface area contributed by atoms with Gasteiger partial charge in [-0.15, -0.1) is 0 Å². The Morgan fingerprint density at radius 3 is 0.938 bits per heavy atom. The Kier molecular flexibility index (Phi) is 9.80. The van der Waals surface area contributed by atoms with E-state index in [1.165, 1.54) is 148 Å². The molecule has 2 heteroatoms. The summed E-state index contributed by atoms with van der Waals surface area (Å²) < 4.78 is 0. The van der Waals surface area contributed by atoms with Crippen LogP contribution in [0.25, 0.3) is 164 Å². The van der Waals surface area contributed by atoms with Crippen LogP contribution in [0.3, 0.4) is 0 Å². The summed E-state index contributed by atoms with van der Waals surface area (Å²) in [5, 5.41) is 20.4. The molecular weight excluding hydrogens is 977 g/mol. The summed E-state index contributed by atoms with van der Waals surface area (Å²) >= 11 is 0. The van der Waals surface area contributed by atoms with E-state index < -0.39 is 0 Å². The van der Waals surface area contributed by atoms with Crippen LogP contribution in [0.2, 0.25) is 0 Å². The molecule has 1 aliphatic carbocycles. The first-order valence-electron chi connectivity index (χ1n) is 28.2. The lowest BCUT2D eigenvalue weighted by atomic mass is 9.82. The molecule has 17 rings (SSSR count). The van der Waals surface area contributed by atoms with Crippen molar-refractivity contribution in [3.63, 3.8) is 0 Å². The minimum Gasteiger partial charge on any atom is -0.252 e. The third-order valence-corrected chi connectivity index (χ3v) is 18.1. The van der Waals surface area contributed by atoms with Gasteiger partial charge in [0.15, 0.2) is 0 Å². The second-order valence-electron chi connectivity index (χ2n) is 22.8. The lowest BCUT2D eigenvalue weighted by molar-refractivity contribution is 0.663. The van der Waals surface area contributed by atoms with Gasteiger partial charge in [0.05, 0.1) is 11.0 Å². The van der Waals surface area contributed by atoms with Gasteiger partial charge in [-0.05, 0) is 196 Å². The van der Waals surface area contributed by atoms with Crippen molar-refractivity contribution in [1.82, 2.24) is 9.97 Å². The van der Waals surface area contributed by atoms with Crippen molar-refractivity contribution < 1.29 is 0 Å². The van der Waals surface area contributed by atoms with Gasteiger partial charge >= 0.3 is 0 Å². The second kappa shape index (κ2) is 17.4. The molecule has 0 radical (unpaired) electrons. The Hall–Kier alpha value is -10.3. The summed E-state index contributed by atoms with van der Waals surface area (Å²) in [6, 6.07) is 95.2. The van der Waals surface area contributed by atoms with Crippen molar-refractivity contribution >= 4 is 97.2 Å². The lowest BCUT2D eigenvalue weighted by Gasteiger charge is -2.21. The lowest BCUT2D eigenvalue weighted by Crippen LogP contribution is -2.14. The molecule has 1 heterocycles. The zero-order chi connectivity index (χ0) is 53.5. The van der Waals surface area contributed by atoms with Gasteiger partial charge in [0.2, 0.25) is 0 Å². The summed E-state index contributed by atoms with van der Waals surface area (Å²) in [5.74, 6) is 0. The van der Waals surface area contributed by atoms with Gasteiger partial charge in [-0.2, -0.15) is 0 Å². The van der Waals surface area contributed by atoms with Crippen LogP contribution in [0.5, 0.6) is 0 Å². The first kappa shape index (κ1) is 45.7. The molecule has 0 amide bonds. The highest BCUT2D eigenvalue weighted by molar-refractivity contribution is 6.30. The van der Waals surface area contributed by atoms with E-state index in [1.807, 2.05) is 0 Å². The first-order chi connectivity index (χ1) is 39.9. The van der Waals surface area contributed by atoms with Crippen LogP contribution < -0.4 is 0 Å². The van der Waals surface area contributed by atoms with Crippen molar-refractivity contribution in [3.05, 3.63) is 278 Å². The van der Waals surface area contributed by atoms with Crippen LogP contribution in [0.15, 0.2) is 267 Å². The van der Waals surface area contributed by atoms with Gasteiger partial charge in [-0.3, -0.25) is 9.97 Å². The van der Waals surface area contributed by atoms with Crippen LogP contribution in [0, 0.1) is 0 Å². The number of fused-ring (bicyclic) bond motifs is 15. The fraction of sp³-hybridized carbons (Fsp3) is 0.0380. The van der Waals surface area contributed by atoms with Crippen LogP contribution in [0.4, 0.5) is 0 Å². The molecule has 1 aromatic heterocycles. The number of rotatable bonds is 6. The molecule has 0 aliphatic heterocycles. The third kappa shape index (κ3) is 6.93. The highest BCUT2D eigenvalue weighted by Crippen LogP contribution is 2.52. The van der Waals surface area contributed by atoms with Gasteiger partial charge in [0.1, 0.15) is 0 Å². The SMILES string of the molecule is CC1(C)c2cccc3c4ccc(-c5cccc(-c6cccc(-c7ccc(-c8ccc9c%10ccc(-c%11cccc(-c%12ccc%13c%14ccccc%14c%14nccnc%14c%13c%12)c%11)cc%10c%10ccccc%10c9c8)cc7)c6)c5)cc4c4cccc1c4c23. The quantitative estimate of drug-likeness (QED) is 0.155. The van der Waals surface area contributed by atoms with Gasteiger partial charge < -0.3 is 0 Å². The van der Waals surface area contributed by atoms with Crippen LogP contribution in [-0.2, 0) is 5.41 Å². The average molecular weight is 1030 g/mol. The number of benzene rings is 15. The van der Waals surface area contributed by atoms with E-state index in [0.717, 1.165) is 27.4 Å². The maximum absolute atomic E-state index is 4.84. The Bertz CT molecular complexity index is 5320. The van der Waals surface area contributed by atoms with Crippen molar-refractivity contribution in [2.75, 3.05) is 0 Å². The van der Waals surface area contributed by atoms with Gasteiger partial charge in [-0.25, -0.2) is 0 Å². The van der Waals surface area contributed by atoms with Crippen LogP contribution in [-0.4, -0.2) is 9.97 Å². The van der Waals surface area contributed by atoms with Crippen molar-refractivity contribution in [2.24, 2.45) is 0 Å². The smallest absolute Gasteiger partial charge is 0.0971 e. The van der Waals surface area contributed by atoms with E-state index >= 15 is 0 Å². The second-order valence-corrected chi connectivity index (χ2v) is 22.8. The molecule has 16 aromatic rings. The highest BCUT2D eigenvalue weighted by atomic mass is 14.8. The summed E-state index contributed by atoms with van der Waals surface area (Å²) in [6.45, 7) is 4.75. The number of nitrogens with zero attached hydrogens (tertiary/aromatic N) is 2. The van der Waals surface area contributed by atoms with E-state index in [0.29, 0.717) is 0 Å². The molecule has 0 saturated heterocycles. The molecule has 0 saturated carbocycles. The van der Waals surface area contributed by atoms with Crippen molar-refractivity contribution in [3.8, 4) is 66.8 Å². The van der Waals surface area contributed by atoms with E-state index in [9.17, 15) is 0 Å². The van der Waals surface area contributed by atoms with Gasteiger partial charge in [0, 0.05) is 28.6 Å². The molecule has 0 atom stereocenters. The number of hydrogen-bond acceptors (Lipinski definition) is 2. The van der Waals surface area contributed by atoms with Crippen molar-refractivity contribution in [2.45, 2.75) is 19.3 Å². The molecule has 81 heavy (non-hydrogen) atoms. The Labute approximate surface area is 468 Å². The molecule has 0 spiro atoms. The minimum absolute atomic E-state index is 0.0211. The zero-order valence-corrected chi connectivity index (χ0v) is 44.8. The summed E-state index contributed by atoms with van der Waals surface area (Å²) in [5.41, 5.74) is 19.1. The summed E-state index contributed by atoms with van der Waals surface area (Å²) in [4.78, 5) is 9.63. The molecule has 0 fully saturated rings. The largest absolute Gasteiger partial charge is 0.252 e. The maximum atomic E-state index is 4.84. The Morgan fingerprint density at radius 1 is 0.210 bits per heavy atom. The average Bonchev–Trinajstić information content (AvgIpc) is 3.53. The topological polar surface area (TPSA) is 25.8 Å². The molecule has 1 aliphatic rings. The molecule has 0 unspecified atom stereocenters. The normalized spacial score (nSPS) is 12.9. The molecule has 376 valence electrons. The Balaban J connectivity index is 0.674. The monoisotopic (exact) mass is 1030 g/mol. The summed E-state index contributed by atoms with van der Waals surface area (Å²) in [7, 11) is 0. The van der Waals surface area contributed by atoms with Crippen LogP contribution in [0.1, 0.15) is 25.0 Å². The maximum Gasteiger partial charge on any atom is 0.0971 e. The van der Waals surface area contributed by atoms with Gasteiger partial charge in [0.25, 0.3) is 0 Å². The standard InChI is InChI=1S/C79H50N2/c1-79(2)73-24-10-22-66-65-37-33-57(45-71(65)67-23-11-25-74(79)76(67)75(66)73)52-15-8-14-51(41-52)50-13-7-12-49(40-50)47-26-28-48(29-27-47)55-30-34-62-63-35-31-56(44-70(63)61-20-4-3-19-60(61)69(62)43-55)53-16-9-17-54(42-53)58-32-36-64-59-18-5-6-21-68(59)77-78(72(64)46-58)81-39-38-80-77/h3-46H,1-2H3. The highest BCUT2D eigenvalue weighted by Gasteiger charge is 2.34. The predicted octanol–water partition coefficient (Wildman–Crippen LogP) is 21.5. The molecule has 0 N–H and O–H groups in total. The van der Waals surface area contributed by atoms with Crippen molar-refractivity contribution in [1.29, 1.82) is 0 Å². The van der Waals surface area contributed by atoms with E-state index in [-0.39, 0.29) is 5.41 Å². The fourth-order valence-electron chi connectivity index (χ4n) is 14.1. The molecular formula is C79H50N2. The Morgan fingerprint density at radius 2 is 0.481 bits per heavy atom. The van der Waals surface area contributed by atoms with Crippen LogP contribution >= 0.6 is 0 Å². The molecule has 15 aromatic carbocycles. The fourth-order valence-corrected chi connectivity index (χ4v) is 14.1. The summed E-state index contributed by atoms with van der Waals surface area (Å²) in [6.07, 6.45) is 3.59. The first-order valence-corrected chi connectivity index (χ1v) is 28.2. The van der Waals surface area contributed by atoms with E-state index in [1.54, 1.807) is 12.4 Å². The molecule has 0 bridgehead atoms. The van der Waals surface area contributed by atoms with E-state index in [4.69, 9.17) is 9.97 Å². The van der Waals surface area contributed by atoms with E-state index in [2.05, 4.69) is 269 Å². The molecule has 2 nitrogen and oxygen atoms in total. The number of aromatic nitrogens is 2. The van der Waals surface area contributed by atoms with Gasteiger partial charge in [-0.1, -0.05) is 226 Å².